The minimum atomic E-state index is -2.68. The summed E-state index contributed by atoms with van der Waals surface area (Å²) < 4.78 is 22.3. The summed E-state index contributed by atoms with van der Waals surface area (Å²) >= 11 is 0. The molecule has 0 aromatic rings. The normalized spacial score (nSPS) is 38.3. The number of hydrogen-bond donors (Lipinski definition) is 1. The van der Waals surface area contributed by atoms with Gasteiger partial charge in [-0.1, -0.05) is 0 Å². The van der Waals surface area contributed by atoms with Gasteiger partial charge in [0.05, 0.1) is 11.5 Å². The number of rotatable bonds is 0. The van der Waals surface area contributed by atoms with Crippen molar-refractivity contribution >= 4 is 22.2 Å². The van der Waals surface area contributed by atoms with Crippen LogP contribution in [-0.2, 0) is 9.84 Å². The molecule has 1 atom stereocenters. The average Bonchev–Trinajstić information content (AvgIpc) is 2.43. The Morgan fingerprint density at radius 1 is 1.25 bits per heavy atom. The van der Waals surface area contributed by atoms with Crippen LogP contribution in [0.15, 0.2) is 0 Å². The number of hydrogen-bond acceptors (Lipinski definition) is 3. The molecule has 2 fully saturated rings. The lowest BCUT2D eigenvalue weighted by molar-refractivity contribution is 0.377. The minimum absolute atomic E-state index is 0. The fourth-order valence-corrected chi connectivity index (χ4v) is 4.33. The van der Waals surface area contributed by atoms with Gasteiger partial charge in [0.25, 0.3) is 0 Å². The summed E-state index contributed by atoms with van der Waals surface area (Å²) in [5.41, 5.74) is 0.124. The van der Waals surface area contributed by atoms with Gasteiger partial charge in [-0.25, -0.2) is 8.42 Å². The first-order valence-corrected chi connectivity index (χ1v) is 5.85. The molecule has 5 heteroatoms. The predicted octanol–water partition coefficient (Wildman–Crippen LogP) is 0.206. The van der Waals surface area contributed by atoms with E-state index in [4.69, 9.17) is 0 Å². The maximum Gasteiger partial charge on any atom is 0.150 e. The van der Waals surface area contributed by atoms with Crippen LogP contribution in [0.5, 0.6) is 0 Å². The summed E-state index contributed by atoms with van der Waals surface area (Å²) in [5, 5.41) is 3.23. The van der Waals surface area contributed by atoms with Crippen LogP contribution in [0.1, 0.15) is 12.8 Å². The summed E-state index contributed by atoms with van der Waals surface area (Å²) in [4.78, 5) is 0. The van der Waals surface area contributed by atoms with Crippen molar-refractivity contribution in [2.75, 3.05) is 24.6 Å². The molecular formula is C7H14ClNO2S. The third-order valence-corrected chi connectivity index (χ3v) is 4.68. The first-order valence-electron chi connectivity index (χ1n) is 4.03. The number of halogens is 1. The molecule has 2 aliphatic rings. The second-order valence-electron chi connectivity index (χ2n) is 3.77. The van der Waals surface area contributed by atoms with Gasteiger partial charge in [0, 0.05) is 6.54 Å². The largest absolute Gasteiger partial charge is 0.316 e. The molecule has 2 rings (SSSR count). The van der Waals surface area contributed by atoms with E-state index in [0.29, 0.717) is 11.5 Å². The van der Waals surface area contributed by atoms with Crippen LogP contribution in [0.4, 0.5) is 0 Å². The van der Waals surface area contributed by atoms with Crippen LogP contribution in [0.2, 0.25) is 0 Å². The first-order chi connectivity index (χ1) is 5.12. The summed E-state index contributed by atoms with van der Waals surface area (Å²) in [6.07, 6.45) is 1.93. The zero-order valence-corrected chi connectivity index (χ0v) is 8.51. The molecule has 12 heavy (non-hydrogen) atoms. The average molecular weight is 212 g/mol. The summed E-state index contributed by atoms with van der Waals surface area (Å²) in [5.74, 6) is 0.835. The quantitative estimate of drug-likeness (QED) is 0.623. The van der Waals surface area contributed by atoms with Crippen LogP contribution < -0.4 is 5.32 Å². The topological polar surface area (TPSA) is 46.2 Å². The number of nitrogens with one attached hydrogen (secondary N) is 1. The second kappa shape index (κ2) is 3.16. The van der Waals surface area contributed by atoms with Crippen LogP contribution in [0.25, 0.3) is 0 Å². The first kappa shape index (κ1) is 10.3. The molecule has 2 saturated heterocycles. The highest BCUT2D eigenvalue weighted by Gasteiger charge is 2.43. The standard InChI is InChI=1S/C7H13NO2S.ClH/c9-11(10)4-2-7(6-11)1-3-8-5-7;/h8H,1-6H2;1H. The molecule has 1 unspecified atom stereocenters. The molecule has 0 aliphatic carbocycles. The maximum atomic E-state index is 11.2. The highest BCUT2D eigenvalue weighted by Crippen LogP contribution is 2.37. The third-order valence-electron chi connectivity index (χ3n) is 2.80. The third kappa shape index (κ3) is 1.75. The Bertz CT molecular complexity index is 257. The maximum absolute atomic E-state index is 11.2. The van der Waals surface area contributed by atoms with Crippen molar-refractivity contribution < 1.29 is 8.42 Å². The van der Waals surface area contributed by atoms with Crippen molar-refractivity contribution in [2.45, 2.75) is 12.8 Å². The van der Waals surface area contributed by atoms with Crippen molar-refractivity contribution in [3.63, 3.8) is 0 Å². The van der Waals surface area contributed by atoms with Crippen molar-refractivity contribution in [2.24, 2.45) is 5.41 Å². The Morgan fingerprint density at radius 2 is 2.00 bits per heavy atom. The molecule has 0 aromatic heterocycles. The predicted molar refractivity (Wildman–Crippen MR) is 50.4 cm³/mol. The zero-order valence-electron chi connectivity index (χ0n) is 6.88. The molecule has 2 aliphatic heterocycles. The molecule has 0 amide bonds. The molecule has 0 bridgehead atoms. The fourth-order valence-electron chi connectivity index (χ4n) is 2.11. The fraction of sp³-hybridized carbons (Fsp3) is 1.00. The Balaban J connectivity index is 0.000000720. The SMILES string of the molecule is Cl.O=S1(=O)CCC2(CCNC2)C1. The highest BCUT2D eigenvalue weighted by atomic mass is 35.5. The van der Waals surface area contributed by atoms with E-state index >= 15 is 0 Å². The van der Waals surface area contributed by atoms with Gasteiger partial charge in [-0.3, -0.25) is 0 Å². The van der Waals surface area contributed by atoms with Gasteiger partial charge in [-0.2, -0.15) is 0 Å². The minimum Gasteiger partial charge on any atom is -0.316 e. The molecular weight excluding hydrogens is 198 g/mol. The lowest BCUT2D eigenvalue weighted by Gasteiger charge is -2.17. The lowest BCUT2D eigenvalue weighted by Crippen LogP contribution is -2.24. The Hall–Kier alpha value is 0.200. The van der Waals surface area contributed by atoms with Gasteiger partial charge in [0.15, 0.2) is 9.84 Å². The van der Waals surface area contributed by atoms with E-state index < -0.39 is 9.84 Å². The van der Waals surface area contributed by atoms with Crippen molar-refractivity contribution in [3.8, 4) is 0 Å². The van der Waals surface area contributed by atoms with Gasteiger partial charge in [0.1, 0.15) is 0 Å². The summed E-state index contributed by atoms with van der Waals surface area (Å²) in [6, 6.07) is 0. The van der Waals surface area contributed by atoms with E-state index in [9.17, 15) is 8.42 Å². The summed E-state index contributed by atoms with van der Waals surface area (Å²) in [6.45, 7) is 1.90. The van der Waals surface area contributed by atoms with Gasteiger partial charge in [-0.15, -0.1) is 12.4 Å². The van der Waals surface area contributed by atoms with Gasteiger partial charge < -0.3 is 5.32 Å². The molecule has 1 N–H and O–H groups in total. The van der Waals surface area contributed by atoms with Crippen molar-refractivity contribution in [1.29, 1.82) is 0 Å². The van der Waals surface area contributed by atoms with Crippen molar-refractivity contribution in [3.05, 3.63) is 0 Å². The molecule has 1 spiro atoms. The lowest BCUT2D eigenvalue weighted by atomic mass is 9.87. The molecule has 3 nitrogen and oxygen atoms in total. The van der Waals surface area contributed by atoms with E-state index in [2.05, 4.69) is 5.32 Å². The van der Waals surface area contributed by atoms with Crippen LogP contribution >= 0.6 is 12.4 Å². The molecule has 0 radical (unpaired) electrons. The molecule has 2 heterocycles. The number of sulfone groups is 1. The van der Waals surface area contributed by atoms with E-state index in [-0.39, 0.29) is 17.8 Å². The van der Waals surface area contributed by atoms with Gasteiger partial charge in [-0.05, 0) is 24.8 Å². The van der Waals surface area contributed by atoms with E-state index in [1.165, 1.54) is 0 Å². The Kier molecular flexibility index (Phi) is 2.71. The summed E-state index contributed by atoms with van der Waals surface area (Å²) in [7, 11) is -2.68. The molecule has 72 valence electrons. The van der Waals surface area contributed by atoms with Gasteiger partial charge in [0.2, 0.25) is 0 Å². The van der Waals surface area contributed by atoms with E-state index in [0.717, 1.165) is 25.9 Å². The monoisotopic (exact) mass is 211 g/mol. The smallest absolute Gasteiger partial charge is 0.150 e. The van der Waals surface area contributed by atoms with Gasteiger partial charge >= 0.3 is 0 Å². The Morgan fingerprint density at radius 3 is 2.42 bits per heavy atom. The van der Waals surface area contributed by atoms with Crippen molar-refractivity contribution in [1.82, 2.24) is 5.32 Å². The second-order valence-corrected chi connectivity index (χ2v) is 5.95. The van der Waals surface area contributed by atoms with Crippen LogP contribution in [0.3, 0.4) is 0 Å². The van der Waals surface area contributed by atoms with E-state index in [1.807, 2.05) is 0 Å². The van der Waals surface area contributed by atoms with Crippen LogP contribution in [-0.4, -0.2) is 33.0 Å². The zero-order chi connectivity index (χ0) is 7.95. The highest BCUT2D eigenvalue weighted by molar-refractivity contribution is 7.91. The van der Waals surface area contributed by atoms with E-state index in [1.54, 1.807) is 0 Å². The molecule has 0 aromatic carbocycles. The van der Waals surface area contributed by atoms with Crippen LogP contribution in [0, 0.1) is 5.41 Å². The molecule has 0 saturated carbocycles. The Labute approximate surface area is 79.2 Å².